The van der Waals surface area contributed by atoms with Crippen LogP contribution in [0.4, 0.5) is 0 Å². The molecule has 3 N–H and O–H groups in total. The number of nitrogens with zero attached hydrogens (tertiary/aromatic N) is 1. The van der Waals surface area contributed by atoms with Crippen molar-refractivity contribution in [1.82, 2.24) is 20.0 Å². The van der Waals surface area contributed by atoms with Gasteiger partial charge in [0, 0.05) is 37.0 Å². The predicted octanol–water partition coefficient (Wildman–Crippen LogP) is 3.59. The number of nitrogens with one attached hydrogen (secondary N) is 3. The summed E-state index contributed by atoms with van der Waals surface area (Å²) >= 11 is 1.63. The number of ether oxygens (including phenoxy) is 1. The van der Waals surface area contributed by atoms with Crippen molar-refractivity contribution in [3.05, 3.63) is 48.3 Å². The topological polar surface area (TPSA) is 62.0 Å². The monoisotopic (exact) mass is 368 g/mol. The lowest BCUT2D eigenvalue weighted by Crippen LogP contribution is -2.15. The highest BCUT2D eigenvalue weighted by Gasteiger charge is 2.17. The van der Waals surface area contributed by atoms with E-state index in [4.69, 9.17) is 4.74 Å². The van der Waals surface area contributed by atoms with Crippen LogP contribution in [0.1, 0.15) is 12.0 Å². The van der Waals surface area contributed by atoms with Crippen LogP contribution in [0.25, 0.3) is 22.2 Å². The first-order chi connectivity index (χ1) is 12.8. The molecule has 26 heavy (non-hydrogen) atoms. The van der Waals surface area contributed by atoms with Crippen LogP contribution in [0.2, 0.25) is 0 Å². The van der Waals surface area contributed by atoms with Crippen molar-refractivity contribution in [1.29, 1.82) is 0 Å². The summed E-state index contributed by atoms with van der Waals surface area (Å²) in [6.07, 6.45) is 7.05. The summed E-state index contributed by atoms with van der Waals surface area (Å²) in [7, 11) is 0. The van der Waals surface area contributed by atoms with Crippen molar-refractivity contribution >= 4 is 23.0 Å². The molecule has 0 amide bonds. The van der Waals surface area contributed by atoms with Crippen molar-refractivity contribution in [3.63, 3.8) is 0 Å². The number of aromatic amines is 1. The largest absolute Gasteiger partial charge is 0.492 e. The first-order valence-electron chi connectivity index (χ1n) is 9.00. The van der Waals surface area contributed by atoms with E-state index in [0.29, 0.717) is 5.92 Å². The summed E-state index contributed by atoms with van der Waals surface area (Å²) in [5.41, 5.74) is 4.45. The number of aromatic nitrogens is 2. The zero-order chi connectivity index (χ0) is 17.8. The predicted molar refractivity (Wildman–Crippen MR) is 108 cm³/mol. The maximum absolute atomic E-state index is 6.19. The Morgan fingerprint density at radius 1 is 1.27 bits per heavy atom. The lowest BCUT2D eigenvalue weighted by Gasteiger charge is -2.12. The third-order valence-corrected chi connectivity index (χ3v) is 5.29. The summed E-state index contributed by atoms with van der Waals surface area (Å²) in [4.78, 5) is 7.75. The van der Waals surface area contributed by atoms with Crippen LogP contribution in [0.15, 0.2) is 42.7 Å². The minimum Gasteiger partial charge on any atom is -0.492 e. The molecule has 1 saturated heterocycles. The molecule has 4 rings (SSSR count). The van der Waals surface area contributed by atoms with Gasteiger partial charge < -0.3 is 15.0 Å². The average Bonchev–Trinajstić information content (AvgIpc) is 3.35. The molecule has 1 aliphatic rings. The van der Waals surface area contributed by atoms with Crippen molar-refractivity contribution in [2.24, 2.45) is 5.92 Å². The quantitative estimate of drug-likeness (QED) is 0.557. The van der Waals surface area contributed by atoms with E-state index < -0.39 is 0 Å². The molecule has 1 aliphatic heterocycles. The van der Waals surface area contributed by atoms with Crippen LogP contribution in [0, 0.1) is 5.92 Å². The maximum Gasteiger partial charge on any atom is 0.141 e. The fourth-order valence-electron chi connectivity index (χ4n) is 3.40. The lowest BCUT2D eigenvalue weighted by atomic mass is 10.0. The van der Waals surface area contributed by atoms with Gasteiger partial charge in [-0.05, 0) is 36.4 Å². The number of hydrogen-bond acceptors (Lipinski definition) is 5. The van der Waals surface area contributed by atoms with E-state index in [-0.39, 0.29) is 0 Å². The van der Waals surface area contributed by atoms with Gasteiger partial charge in [-0.3, -0.25) is 4.72 Å². The highest BCUT2D eigenvalue weighted by Crippen LogP contribution is 2.34. The minimum absolute atomic E-state index is 0.587. The molecule has 3 heterocycles. The third-order valence-electron chi connectivity index (χ3n) is 4.86. The molecule has 5 nitrogen and oxygen atoms in total. The van der Waals surface area contributed by atoms with E-state index in [1.807, 2.05) is 24.7 Å². The Morgan fingerprint density at radius 2 is 2.15 bits per heavy atom. The summed E-state index contributed by atoms with van der Waals surface area (Å²) in [6.45, 7) is 3.74. The number of hydrogen-bond donors (Lipinski definition) is 3. The normalized spacial score (nSPS) is 17.0. The first-order valence-corrected chi connectivity index (χ1v) is 10.2. The second-order valence-electron chi connectivity index (χ2n) is 6.63. The highest BCUT2D eigenvalue weighted by atomic mass is 32.2. The van der Waals surface area contributed by atoms with Gasteiger partial charge in [0.2, 0.25) is 0 Å². The molecule has 0 saturated carbocycles. The van der Waals surface area contributed by atoms with Gasteiger partial charge in [-0.2, -0.15) is 0 Å². The Labute approximate surface area is 158 Å². The molecule has 0 radical (unpaired) electrons. The first kappa shape index (κ1) is 17.4. The fourth-order valence-corrected chi connectivity index (χ4v) is 3.71. The molecule has 0 bridgehead atoms. The Kier molecular flexibility index (Phi) is 5.43. The highest BCUT2D eigenvalue weighted by molar-refractivity contribution is 7.96. The van der Waals surface area contributed by atoms with Gasteiger partial charge in [-0.15, -0.1) is 0 Å². The number of fused-ring (bicyclic) bond motifs is 1. The summed E-state index contributed by atoms with van der Waals surface area (Å²) < 4.78 is 9.46. The van der Waals surface area contributed by atoms with Gasteiger partial charge in [0.05, 0.1) is 12.0 Å². The van der Waals surface area contributed by atoms with Crippen LogP contribution in [0.3, 0.4) is 0 Å². The minimum atomic E-state index is 0.587. The standard InChI is InChI=1S/C20H24N4OS/c1-26-24-11-14-2-4-16(5-3-14)17-12-23-20-19(17)18(7-9-22-20)25-13-15-6-8-21-10-15/h2-5,7,9,12,15,21,24H,6,8,10-11,13H2,1H3,(H,22,23). The van der Waals surface area contributed by atoms with E-state index in [2.05, 4.69) is 44.3 Å². The molecular weight excluding hydrogens is 344 g/mol. The Balaban J connectivity index is 1.60. The maximum atomic E-state index is 6.19. The molecule has 1 fully saturated rings. The molecule has 2 aromatic heterocycles. The zero-order valence-electron chi connectivity index (χ0n) is 14.9. The summed E-state index contributed by atoms with van der Waals surface area (Å²) in [6, 6.07) is 10.6. The lowest BCUT2D eigenvalue weighted by molar-refractivity contribution is 0.263. The fraction of sp³-hybridized carbons (Fsp3) is 0.350. The SMILES string of the molecule is CSNCc1ccc(-c2c[nH]c3nccc(OCC4CCNC4)c23)cc1. The third kappa shape index (κ3) is 3.72. The second-order valence-corrected chi connectivity index (χ2v) is 7.32. The van der Waals surface area contributed by atoms with E-state index in [1.165, 1.54) is 17.5 Å². The number of rotatable bonds is 7. The molecule has 6 heteroatoms. The molecule has 136 valence electrons. The van der Waals surface area contributed by atoms with E-state index in [9.17, 15) is 0 Å². The van der Waals surface area contributed by atoms with Gasteiger partial charge in [-0.1, -0.05) is 36.2 Å². The number of H-pyrrole nitrogens is 1. The summed E-state index contributed by atoms with van der Waals surface area (Å²) in [5.74, 6) is 1.50. The average molecular weight is 369 g/mol. The Morgan fingerprint density at radius 3 is 2.92 bits per heavy atom. The van der Waals surface area contributed by atoms with Gasteiger partial charge in [0.1, 0.15) is 11.4 Å². The zero-order valence-corrected chi connectivity index (χ0v) is 15.7. The van der Waals surface area contributed by atoms with Crippen molar-refractivity contribution in [2.45, 2.75) is 13.0 Å². The van der Waals surface area contributed by atoms with E-state index in [0.717, 1.165) is 48.6 Å². The van der Waals surface area contributed by atoms with Crippen molar-refractivity contribution in [2.75, 3.05) is 26.0 Å². The van der Waals surface area contributed by atoms with Gasteiger partial charge in [0.25, 0.3) is 0 Å². The van der Waals surface area contributed by atoms with Gasteiger partial charge in [0.15, 0.2) is 0 Å². The van der Waals surface area contributed by atoms with Crippen LogP contribution in [-0.4, -0.2) is 35.9 Å². The van der Waals surface area contributed by atoms with Crippen molar-refractivity contribution in [3.8, 4) is 16.9 Å². The summed E-state index contributed by atoms with van der Waals surface area (Å²) in [5, 5.41) is 4.46. The van der Waals surface area contributed by atoms with E-state index in [1.54, 1.807) is 11.9 Å². The molecule has 0 spiro atoms. The van der Waals surface area contributed by atoms with Gasteiger partial charge >= 0.3 is 0 Å². The smallest absolute Gasteiger partial charge is 0.141 e. The molecular formula is C20H24N4OS. The second kappa shape index (κ2) is 8.12. The molecule has 1 aromatic carbocycles. The van der Waals surface area contributed by atoms with Crippen LogP contribution < -0.4 is 14.8 Å². The molecule has 0 aliphatic carbocycles. The van der Waals surface area contributed by atoms with E-state index >= 15 is 0 Å². The van der Waals surface area contributed by atoms with Crippen molar-refractivity contribution < 1.29 is 4.74 Å². The number of pyridine rings is 1. The Hall–Kier alpha value is -2.02. The molecule has 1 unspecified atom stereocenters. The Bertz CT molecular complexity index is 856. The molecule has 1 atom stereocenters. The van der Waals surface area contributed by atoms with Crippen LogP contribution in [0.5, 0.6) is 5.75 Å². The number of benzene rings is 1. The van der Waals surface area contributed by atoms with Gasteiger partial charge in [-0.25, -0.2) is 4.98 Å². The van der Waals surface area contributed by atoms with Crippen LogP contribution >= 0.6 is 11.9 Å². The molecule has 3 aromatic rings. The van der Waals surface area contributed by atoms with Crippen LogP contribution in [-0.2, 0) is 6.54 Å².